The number of nitrogens with one attached hydrogen (secondary N) is 1. The summed E-state index contributed by atoms with van der Waals surface area (Å²) in [6.45, 7) is 3.20. The Morgan fingerprint density at radius 1 is 1.47 bits per heavy atom. The third-order valence-corrected chi connectivity index (χ3v) is 2.87. The van der Waals surface area contributed by atoms with Crippen LogP contribution in [0.4, 0.5) is 0 Å². The number of carbonyl (C=O) groups excluding carboxylic acids is 1. The van der Waals surface area contributed by atoms with Crippen molar-refractivity contribution in [3.05, 3.63) is 22.4 Å². The van der Waals surface area contributed by atoms with Gasteiger partial charge in [-0.05, 0) is 36.2 Å². The van der Waals surface area contributed by atoms with Gasteiger partial charge in [-0.15, -0.1) is 0 Å². The van der Waals surface area contributed by atoms with Gasteiger partial charge in [0.15, 0.2) is 0 Å². The van der Waals surface area contributed by atoms with Crippen LogP contribution < -0.4 is 5.32 Å². The highest BCUT2D eigenvalue weighted by atomic mass is 32.1. The molecule has 15 heavy (non-hydrogen) atoms. The smallest absolute Gasteiger partial charge is 0.325 e. The number of hydrogen-bond acceptors (Lipinski definition) is 3. The molecular weight excluding hydrogens is 214 g/mol. The molecule has 5 heteroatoms. The van der Waals surface area contributed by atoms with E-state index < -0.39 is 12.0 Å². The van der Waals surface area contributed by atoms with Crippen LogP contribution in [0.15, 0.2) is 16.8 Å². The van der Waals surface area contributed by atoms with Crippen LogP contribution in [0.1, 0.15) is 25.3 Å². The summed E-state index contributed by atoms with van der Waals surface area (Å²) in [7, 11) is 0. The highest BCUT2D eigenvalue weighted by Gasteiger charge is 2.20. The van der Waals surface area contributed by atoms with Crippen molar-refractivity contribution in [3.8, 4) is 0 Å². The molecule has 1 aromatic heterocycles. The van der Waals surface area contributed by atoms with Crippen molar-refractivity contribution in [2.45, 2.75) is 25.8 Å². The Labute approximate surface area is 91.9 Å². The number of carbonyl (C=O) groups is 2. The molecule has 2 N–H and O–H groups in total. The molecule has 82 valence electrons. The summed E-state index contributed by atoms with van der Waals surface area (Å²) in [5.74, 6) is -1.60. The summed E-state index contributed by atoms with van der Waals surface area (Å²) in [6, 6.07) is 1.01. The maximum absolute atomic E-state index is 11.6. The molecule has 0 saturated carbocycles. The maximum atomic E-state index is 11.6. The summed E-state index contributed by atoms with van der Waals surface area (Å²) in [4.78, 5) is 22.1. The van der Waals surface area contributed by atoms with E-state index in [2.05, 4.69) is 5.32 Å². The Morgan fingerprint density at radius 3 is 2.60 bits per heavy atom. The molecule has 0 bridgehead atoms. The zero-order chi connectivity index (χ0) is 11.4. The van der Waals surface area contributed by atoms with Crippen LogP contribution in [-0.2, 0) is 9.59 Å². The van der Waals surface area contributed by atoms with Crippen LogP contribution >= 0.6 is 11.3 Å². The first-order chi connectivity index (χ1) is 7.02. The first kappa shape index (κ1) is 11.7. The minimum Gasteiger partial charge on any atom is -0.480 e. The zero-order valence-corrected chi connectivity index (χ0v) is 9.38. The fourth-order valence-corrected chi connectivity index (χ4v) is 1.83. The van der Waals surface area contributed by atoms with Gasteiger partial charge in [0.1, 0.15) is 6.04 Å². The maximum Gasteiger partial charge on any atom is 0.325 e. The van der Waals surface area contributed by atoms with Gasteiger partial charge in [-0.2, -0.15) is 11.3 Å². The lowest BCUT2D eigenvalue weighted by Gasteiger charge is -2.13. The van der Waals surface area contributed by atoms with Crippen LogP contribution in [0.25, 0.3) is 0 Å². The number of amides is 1. The summed E-state index contributed by atoms with van der Waals surface area (Å²) in [6.07, 6.45) is 0. The molecule has 0 spiro atoms. The van der Waals surface area contributed by atoms with Gasteiger partial charge in [0.05, 0.1) is 5.92 Å². The summed E-state index contributed by atoms with van der Waals surface area (Å²) >= 11 is 1.51. The zero-order valence-electron chi connectivity index (χ0n) is 8.56. The molecule has 0 saturated heterocycles. The van der Waals surface area contributed by atoms with E-state index in [1.165, 1.54) is 18.3 Å². The van der Waals surface area contributed by atoms with Crippen molar-refractivity contribution >= 4 is 23.2 Å². The highest BCUT2D eigenvalue weighted by Crippen LogP contribution is 2.18. The standard InChI is InChI=1S/C10H13NO3S/c1-6(8-3-4-15-5-8)9(12)11-7(2)10(13)14/h3-7H,1-2H3,(H,11,12)(H,13,14)/t6?,7-/m0/s1. The lowest BCUT2D eigenvalue weighted by atomic mass is 10.0. The molecular formula is C10H13NO3S. The van der Waals surface area contributed by atoms with Crippen molar-refractivity contribution in [2.24, 2.45) is 0 Å². The Bertz CT molecular complexity index is 348. The van der Waals surface area contributed by atoms with Gasteiger partial charge in [-0.25, -0.2) is 0 Å². The number of hydrogen-bond donors (Lipinski definition) is 2. The Kier molecular flexibility index (Phi) is 3.85. The molecule has 1 amide bonds. The normalized spacial score (nSPS) is 14.3. The predicted molar refractivity (Wildman–Crippen MR) is 58.0 cm³/mol. The second-order valence-electron chi connectivity index (χ2n) is 3.35. The number of carboxylic acid groups (broad SMARTS) is 1. The minimum atomic E-state index is -1.03. The van der Waals surface area contributed by atoms with Gasteiger partial charge >= 0.3 is 5.97 Å². The minimum absolute atomic E-state index is 0.261. The van der Waals surface area contributed by atoms with Crippen molar-refractivity contribution in [1.82, 2.24) is 5.32 Å². The molecule has 0 aliphatic carbocycles. The fraction of sp³-hybridized carbons (Fsp3) is 0.400. The monoisotopic (exact) mass is 227 g/mol. The lowest BCUT2D eigenvalue weighted by molar-refractivity contribution is -0.141. The largest absolute Gasteiger partial charge is 0.480 e. The summed E-state index contributed by atoms with van der Waals surface area (Å²) in [5, 5.41) is 14.8. The van der Waals surface area contributed by atoms with Crippen LogP contribution in [0.5, 0.6) is 0 Å². The van der Waals surface area contributed by atoms with E-state index >= 15 is 0 Å². The van der Waals surface area contributed by atoms with Gasteiger partial charge in [0.2, 0.25) is 5.91 Å². The molecule has 1 heterocycles. The van der Waals surface area contributed by atoms with Gasteiger partial charge in [0.25, 0.3) is 0 Å². The van der Waals surface area contributed by atoms with E-state index in [1.807, 2.05) is 16.8 Å². The molecule has 0 aliphatic heterocycles. The number of aliphatic carboxylic acids is 1. The molecule has 0 fully saturated rings. The third kappa shape index (κ3) is 3.06. The second-order valence-corrected chi connectivity index (χ2v) is 4.13. The van der Waals surface area contributed by atoms with Crippen molar-refractivity contribution in [1.29, 1.82) is 0 Å². The second kappa shape index (κ2) is 4.93. The number of carboxylic acids is 1. The van der Waals surface area contributed by atoms with Gasteiger partial charge in [-0.3, -0.25) is 9.59 Å². The van der Waals surface area contributed by atoms with Crippen LogP contribution in [0, 0.1) is 0 Å². The third-order valence-electron chi connectivity index (χ3n) is 2.17. The van der Waals surface area contributed by atoms with E-state index in [4.69, 9.17) is 5.11 Å². The van der Waals surface area contributed by atoms with Gasteiger partial charge in [-0.1, -0.05) is 0 Å². The van der Waals surface area contributed by atoms with Gasteiger partial charge < -0.3 is 10.4 Å². The molecule has 4 nitrogen and oxygen atoms in total. The van der Waals surface area contributed by atoms with Crippen molar-refractivity contribution in [3.63, 3.8) is 0 Å². The Balaban J connectivity index is 2.58. The van der Waals surface area contributed by atoms with Gasteiger partial charge in [0, 0.05) is 0 Å². The molecule has 1 unspecified atom stereocenters. The lowest BCUT2D eigenvalue weighted by Crippen LogP contribution is -2.40. The Hall–Kier alpha value is -1.36. The number of thiophene rings is 1. The highest BCUT2D eigenvalue weighted by molar-refractivity contribution is 7.08. The first-order valence-corrected chi connectivity index (χ1v) is 5.52. The topological polar surface area (TPSA) is 66.4 Å². The van der Waals surface area contributed by atoms with E-state index in [-0.39, 0.29) is 11.8 Å². The van der Waals surface area contributed by atoms with Crippen LogP contribution in [0.2, 0.25) is 0 Å². The molecule has 1 rings (SSSR count). The molecule has 2 atom stereocenters. The predicted octanol–water partition coefficient (Wildman–Crippen LogP) is 1.44. The SMILES string of the molecule is CC(C(=O)N[C@@H](C)C(=O)O)c1ccsc1. The summed E-state index contributed by atoms with van der Waals surface area (Å²) in [5.41, 5.74) is 0.912. The quantitative estimate of drug-likeness (QED) is 0.818. The van der Waals surface area contributed by atoms with Crippen LogP contribution in [0.3, 0.4) is 0 Å². The van der Waals surface area contributed by atoms with E-state index in [0.29, 0.717) is 0 Å². The molecule has 0 aromatic carbocycles. The molecule has 0 radical (unpaired) electrons. The summed E-state index contributed by atoms with van der Waals surface area (Å²) < 4.78 is 0. The van der Waals surface area contributed by atoms with E-state index in [1.54, 1.807) is 6.92 Å². The first-order valence-electron chi connectivity index (χ1n) is 4.57. The molecule has 0 aliphatic rings. The fourth-order valence-electron chi connectivity index (χ4n) is 1.07. The van der Waals surface area contributed by atoms with E-state index in [0.717, 1.165) is 5.56 Å². The Morgan fingerprint density at radius 2 is 2.13 bits per heavy atom. The van der Waals surface area contributed by atoms with Crippen molar-refractivity contribution in [2.75, 3.05) is 0 Å². The van der Waals surface area contributed by atoms with E-state index in [9.17, 15) is 9.59 Å². The number of rotatable bonds is 4. The average Bonchev–Trinajstić information content (AvgIpc) is 2.68. The molecule has 1 aromatic rings. The van der Waals surface area contributed by atoms with Crippen molar-refractivity contribution < 1.29 is 14.7 Å². The average molecular weight is 227 g/mol. The van der Waals surface area contributed by atoms with Crippen LogP contribution in [-0.4, -0.2) is 23.0 Å².